The minimum Gasteiger partial charge on any atom is -0.362 e. The minimum absolute atomic E-state index is 0.0157. The van der Waals surface area contributed by atoms with Gasteiger partial charge in [-0.3, -0.25) is 14.6 Å². The summed E-state index contributed by atoms with van der Waals surface area (Å²) in [6.45, 7) is 3.30. The summed E-state index contributed by atoms with van der Waals surface area (Å²) < 4.78 is 6.30. The van der Waals surface area contributed by atoms with E-state index < -0.39 is 6.10 Å². The highest BCUT2D eigenvalue weighted by Crippen LogP contribution is 2.42. The van der Waals surface area contributed by atoms with Gasteiger partial charge in [-0.15, -0.1) is 0 Å². The number of anilines is 1. The van der Waals surface area contributed by atoms with Crippen molar-refractivity contribution < 1.29 is 14.3 Å². The fourth-order valence-electron chi connectivity index (χ4n) is 4.31. The van der Waals surface area contributed by atoms with E-state index >= 15 is 0 Å². The summed E-state index contributed by atoms with van der Waals surface area (Å²) in [5.74, 6) is -0.0202. The first-order valence-electron chi connectivity index (χ1n) is 9.90. The molecule has 2 aliphatic rings. The van der Waals surface area contributed by atoms with Gasteiger partial charge in [0.25, 0.3) is 11.8 Å². The van der Waals surface area contributed by atoms with Crippen molar-refractivity contribution in [1.82, 2.24) is 9.88 Å². The minimum atomic E-state index is -0.479. The standard InChI is InChI=1S/C22H24ClN3O3/c1-15-14-26(21(28)16-4-2-5-17(23)12-16)11-9-22(15)8-7-19(29-22)20(27)25-18-6-3-10-24-13-18/h2-6,10,12-13,15,19H,7-9,11,14H2,1H3,(H,25,27). The van der Waals surface area contributed by atoms with E-state index in [2.05, 4.69) is 17.2 Å². The predicted octanol–water partition coefficient (Wildman–Crippen LogP) is 3.77. The van der Waals surface area contributed by atoms with Crippen molar-refractivity contribution in [2.75, 3.05) is 18.4 Å². The molecule has 2 aliphatic heterocycles. The number of carbonyl (C=O) groups excluding carboxylic acids is 2. The van der Waals surface area contributed by atoms with Gasteiger partial charge in [0.15, 0.2) is 0 Å². The second kappa shape index (κ2) is 8.13. The molecular formula is C22H24ClN3O3. The van der Waals surface area contributed by atoms with E-state index in [1.54, 1.807) is 48.8 Å². The Morgan fingerprint density at radius 2 is 2.14 bits per heavy atom. The van der Waals surface area contributed by atoms with Crippen LogP contribution in [0.3, 0.4) is 0 Å². The number of likely N-dealkylation sites (tertiary alicyclic amines) is 1. The Hall–Kier alpha value is -2.44. The Kier molecular flexibility index (Phi) is 5.56. The maximum atomic E-state index is 12.8. The molecule has 0 saturated carbocycles. The van der Waals surface area contributed by atoms with Crippen LogP contribution in [-0.4, -0.2) is 46.5 Å². The van der Waals surface area contributed by atoms with Crippen LogP contribution in [0.1, 0.15) is 36.5 Å². The van der Waals surface area contributed by atoms with Crippen LogP contribution >= 0.6 is 11.6 Å². The van der Waals surface area contributed by atoms with Crippen LogP contribution in [0.4, 0.5) is 5.69 Å². The molecule has 29 heavy (non-hydrogen) atoms. The van der Waals surface area contributed by atoms with Gasteiger partial charge in [-0.25, -0.2) is 0 Å². The van der Waals surface area contributed by atoms with Crippen LogP contribution in [0.25, 0.3) is 0 Å². The van der Waals surface area contributed by atoms with Crippen molar-refractivity contribution in [1.29, 1.82) is 0 Å². The maximum absolute atomic E-state index is 12.8. The summed E-state index contributed by atoms with van der Waals surface area (Å²) in [5.41, 5.74) is 0.904. The van der Waals surface area contributed by atoms with Crippen LogP contribution in [0.2, 0.25) is 5.02 Å². The molecule has 2 fully saturated rings. The summed E-state index contributed by atoms with van der Waals surface area (Å²) in [4.78, 5) is 31.3. The maximum Gasteiger partial charge on any atom is 0.253 e. The molecule has 7 heteroatoms. The van der Waals surface area contributed by atoms with E-state index in [0.717, 1.165) is 12.8 Å². The first-order chi connectivity index (χ1) is 14.0. The molecule has 1 N–H and O–H groups in total. The third-order valence-electron chi connectivity index (χ3n) is 5.98. The molecule has 4 rings (SSSR count). The summed E-state index contributed by atoms with van der Waals surface area (Å²) in [6, 6.07) is 10.6. The molecule has 2 saturated heterocycles. The average Bonchev–Trinajstić information content (AvgIpc) is 3.16. The van der Waals surface area contributed by atoms with Gasteiger partial charge in [0, 0.05) is 35.8 Å². The number of nitrogens with one attached hydrogen (secondary N) is 1. The Balaban J connectivity index is 1.38. The van der Waals surface area contributed by atoms with Gasteiger partial charge in [0.05, 0.1) is 17.5 Å². The van der Waals surface area contributed by atoms with E-state index in [4.69, 9.17) is 16.3 Å². The largest absolute Gasteiger partial charge is 0.362 e. The first kappa shape index (κ1) is 19.9. The number of aromatic nitrogens is 1. The van der Waals surface area contributed by atoms with Crippen molar-refractivity contribution in [3.05, 3.63) is 59.4 Å². The molecule has 1 aromatic carbocycles. The van der Waals surface area contributed by atoms with Gasteiger partial charge in [0.1, 0.15) is 6.10 Å². The van der Waals surface area contributed by atoms with Gasteiger partial charge in [-0.2, -0.15) is 0 Å². The number of benzene rings is 1. The zero-order chi connectivity index (χ0) is 20.4. The number of piperidine rings is 1. The number of rotatable bonds is 3. The molecule has 3 unspecified atom stereocenters. The topological polar surface area (TPSA) is 71.5 Å². The van der Waals surface area contributed by atoms with Gasteiger partial charge >= 0.3 is 0 Å². The molecule has 1 spiro atoms. The molecular weight excluding hydrogens is 390 g/mol. The number of carbonyl (C=O) groups is 2. The number of hydrogen-bond donors (Lipinski definition) is 1. The number of hydrogen-bond acceptors (Lipinski definition) is 4. The highest BCUT2D eigenvalue weighted by Gasteiger charge is 2.49. The highest BCUT2D eigenvalue weighted by molar-refractivity contribution is 6.30. The van der Waals surface area contributed by atoms with Crippen LogP contribution in [0.15, 0.2) is 48.8 Å². The number of ether oxygens (including phenoxy) is 1. The Bertz CT molecular complexity index is 907. The fraction of sp³-hybridized carbons (Fsp3) is 0.409. The lowest BCUT2D eigenvalue weighted by molar-refractivity contribution is -0.141. The van der Waals surface area contributed by atoms with Crippen molar-refractivity contribution >= 4 is 29.1 Å². The SMILES string of the molecule is CC1CN(C(=O)c2cccc(Cl)c2)CCC12CCC(C(=O)Nc1cccnc1)O2. The summed E-state index contributed by atoms with van der Waals surface area (Å²) >= 11 is 6.03. The Labute approximate surface area is 175 Å². The zero-order valence-corrected chi connectivity index (χ0v) is 17.1. The van der Waals surface area contributed by atoms with Crippen LogP contribution in [0.5, 0.6) is 0 Å². The monoisotopic (exact) mass is 413 g/mol. The van der Waals surface area contributed by atoms with Gasteiger partial charge in [-0.05, 0) is 49.6 Å². The van der Waals surface area contributed by atoms with Crippen molar-refractivity contribution in [3.63, 3.8) is 0 Å². The van der Waals surface area contributed by atoms with Crippen LogP contribution in [0, 0.1) is 5.92 Å². The quantitative estimate of drug-likeness (QED) is 0.831. The second-order valence-corrected chi connectivity index (χ2v) is 8.29. The molecule has 0 aliphatic carbocycles. The first-order valence-corrected chi connectivity index (χ1v) is 10.3. The molecule has 0 bridgehead atoms. The third kappa shape index (κ3) is 4.14. The summed E-state index contributed by atoms with van der Waals surface area (Å²) in [7, 11) is 0. The lowest BCUT2D eigenvalue weighted by Gasteiger charge is -2.44. The lowest BCUT2D eigenvalue weighted by Crippen LogP contribution is -2.52. The number of nitrogens with zero attached hydrogens (tertiary/aromatic N) is 2. The van der Waals surface area contributed by atoms with Gasteiger partial charge in [-0.1, -0.05) is 24.6 Å². The summed E-state index contributed by atoms with van der Waals surface area (Å²) in [6.07, 6.45) is 5.02. The van der Waals surface area contributed by atoms with Gasteiger partial charge in [0.2, 0.25) is 0 Å². The molecule has 0 radical (unpaired) electrons. The number of halogens is 1. The Morgan fingerprint density at radius 1 is 1.28 bits per heavy atom. The molecule has 3 heterocycles. The molecule has 1 aromatic heterocycles. The highest BCUT2D eigenvalue weighted by atomic mass is 35.5. The second-order valence-electron chi connectivity index (χ2n) is 7.85. The zero-order valence-electron chi connectivity index (χ0n) is 16.3. The van der Waals surface area contributed by atoms with Crippen LogP contribution < -0.4 is 5.32 Å². The molecule has 152 valence electrons. The average molecular weight is 414 g/mol. The molecule has 2 aromatic rings. The van der Waals surface area contributed by atoms with E-state index in [0.29, 0.717) is 35.8 Å². The smallest absolute Gasteiger partial charge is 0.253 e. The normalized spacial score (nSPS) is 26.5. The van der Waals surface area contributed by atoms with Crippen LogP contribution in [-0.2, 0) is 9.53 Å². The Morgan fingerprint density at radius 3 is 2.86 bits per heavy atom. The lowest BCUT2D eigenvalue weighted by atomic mass is 9.80. The van der Waals surface area contributed by atoms with E-state index in [1.807, 2.05) is 4.90 Å². The van der Waals surface area contributed by atoms with Gasteiger partial charge < -0.3 is 15.0 Å². The van der Waals surface area contributed by atoms with Crippen molar-refractivity contribution in [2.45, 2.75) is 37.9 Å². The van der Waals surface area contributed by atoms with E-state index in [-0.39, 0.29) is 23.3 Å². The van der Waals surface area contributed by atoms with E-state index in [9.17, 15) is 9.59 Å². The summed E-state index contributed by atoms with van der Waals surface area (Å²) in [5, 5.41) is 3.43. The van der Waals surface area contributed by atoms with Crippen molar-refractivity contribution in [2.24, 2.45) is 5.92 Å². The molecule has 2 amide bonds. The van der Waals surface area contributed by atoms with Crippen molar-refractivity contribution in [3.8, 4) is 0 Å². The number of pyridine rings is 1. The molecule has 6 nitrogen and oxygen atoms in total. The van der Waals surface area contributed by atoms with E-state index in [1.165, 1.54) is 0 Å². The molecule has 3 atom stereocenters. The predicted molar refractivity (Wildman–Crippen MR) is 111 cm³/mol. The third-order valence-corrected chi connectivity index (χ3v) is 6.22. The fourth-order valence-corrected chi connectivity index (χ4v) is 4.50. The number of amides is 2.